The molecule has 1 heterocycles. The summed E-state index contributed by atoms with van der Waals surface area (Å²) in [7, 11) is 0. The van der Waals surface area contributed by atoms with Gasteiger partial charge in [-0.1, -0.05) is 48.9 Å². The topological polar surface area (TPSA) is 71.1 Å². The molecule has 2 N–H and O–H groups in total. The third-order valence-electron chi connectivity index (χ3n) is 4.28. The highest BCUT2D eigenvalue weighted by Crippen LogP contribution is 2.24. The number of rotatable bonds is 7. The number of nitrogens with one attached hydrogen (secondary N) is 2. The van der Waals surface area contributed by atoms with Gasteiger partial charge in [0.25, 0.3) is 0 Å². The van der Waals surface area contributed by atoms with Crippen molar-refractivity contribution in [2.75, 3.05) is 11.9 Å². The molecule has 0 aliphatic carbocycles. The summed E-state index contributed by atoms with van der Waals surface area (Å²) in [6.07, 6.45) is 0.983. The highest BCUT2D eigenvalue weighted by molar-refractivity contribution is 7.13. The summed E-state index contributed by atoms with van der Waals surface area (Å²) < 4.78 is 0. The summed E-state index contributed by atoms with van der Waals surface area (Å²) in [5.74, 6) is -0.465. The molecule has 0 saturated heterocycles. The maximum atomic E-state index is 12.2. The Morgan fingerprint density at radius 3 is 2.68 bits per heavy atom. The van der Waals surface area contributed by atoms with Crippen LogP contribution in [0, 0.1) is 6.92 Å². The fourth-order valence-electron chi connectivity index (χ4n) is 2.85. The molecule has 0 aliphatic heterocycles. The lowest BCUT2D eigenvalue weighted by molar-refractivity contribution is -0.123. The average Bonchev–Trinajstić information content (AvgIpc) is 3.15. The molecule has 0 atom stereocenters. The van der Waals surface area contributed by atoms with Crippen molar-refractivity contribution in [1.82, 2.24) is 10.3 Å². The SMILES string of the molecule is CCc1ccccc1NC(=O)CNC(=O)Cc1csc(-c2cccc(C)c2)n1. The molecule has 0 radical (unpaired) electrons. The van der Waals surface area contributed by atoms with Crippen molar-refractivity contribution >= 4 is 28.8 Å². The fraction of sp³-hybridized carbons (Fsp3) is 0.227. The number of carbonyl (C=O) groups excluding carboxylic acids is 2. The first-order valence-corrected chi connectivity index (χ1v) is 10.1. The number of thiazole rings is 1. The molecule has 0 fully saturated rings. The number of anilines is 1. The van der Waals surface area contributed by atoms with Gasteiger partial charge in [-0.2, -0.15) is 0 Å². The first-order chi connectivity index (χ1) is 13.5. The smallest absolute Gasteiger partial charge is 0.243 e. The number of aryl methyl sites for hydroxylation is 2. The summed E-state index contributed by atoms with van der Waals surface area (Å²) in [5, 5.41) is 8.28. The van der Waals surface area contributed by atoms with Gasteiger partial charge in [0, 0.05) is 16.6 Å². The Labute approximate surface area is 168 Å². The number of nitrogens with zero attached hydrogens (tertiary/aromatic N) is 1. The number of hydrogen-bond donors (Lipinski definition) is 2. The van der Waals surface area contributed by atoms with Crippen LogP contribution in [0.3, 0.4) is 0 Å². The Morgan fingerprint density at radius 2 is 1.89 bits per heavy atom. The second-order valence-corrected chi connectivity index (χ2v) is 7.38. The van der Waals surface area contributed by atoms with Crippen LogP contribution >= 0.6 is 11.3 Å². The lowest BCUT2D eigenvalue weighted by Crippen LogP contribution is -2.34. The molecule has 28 heavy (non-hydrogen) atoms. The normalized spacial score (nSPS) is 10.5. The lowest BCUT2D eigenvalue weighted by Gasteiger charge is -2.10. The second kappa shape index (κ2) is 9.28. The molecule has 1 aromatic heterocycles. The number of hydrogen-bond acceptors (Lipinski definition) is 4. The zero-order chi connectivity index (χ0) is 19.9. The van der Waals surface area contributed by atoms with Crippen LogP contribution < -0.4 is 10.6 Å². The van der Waals surface area contributed by atoms with Crippen molar-refractivity contribution in [2.24, 2.45) is 0 Å². The van der Waals surface area contributed by atoms with Gasteiger partial charge in [-0.25, -0.2) is 4.98 Å². The maximum Gasteiger partial charge on any atom is 0.243 e. The van der Waals surface area contributed by atoms with Crippen LogP contribution in [0.15, 0.2) is 53.9 Å². The Kier molecular flexibility index (Phi) is 6.55. The summed E-state index contributed by atoms with van der Waals surface area (Å²) in [6, 6.07) is 15.8. The summed E-state index contributed by atoms with van der Waals surface area (Å²) >= 11 is 1.51. The zero-order valence-corrected chi connectivity index (χ0v) is 16.8. The van der Waals surface area contributed by atoms with E-state index in [1.165, 1.54) is 16.9 Å². The molecule has 0 aliphatic rings. The number of aromatic nitrogens is 1. The predicted molar refractivity (Wildman–Crippen MR) is 113 cm³/mol. The van der Waals surface area contributed by atoms with Crippen LogP contribution in [0.5, 0.6) is 0 Å². The predicted octanol–water partition coefficient (Wildman–Crippen LogP) is 3.98. The Morgan fingerprint density at radius 1 is 1.07 bits per heavy atom. The van der Waals surface area contributed by atoms with Crippen LogP contribution in [-0.2, 0) is 22.4 Å². The van der Waals surface area contributed by atoms with E-state index in [-0.39, 0.29) is 24.8 Å². The minimum Gasteiger partial charge on any atom is -0.347 e. The van der Waals surface area contributed by atoms with Crippen molar-refractivity contribution in [2.45, 2.75) is 26.7 Å². The van der Waals surface area contributed by atoms with Gasteiger partial charge in [0.2, 0.25) is 11.8 Å². The minimum absolute atomic E-state index is 0.0637. The molecule has 0 unspecified atom stereocenters. The molecule has 144 valence electrons. The van der Waals surface area contributed by atoms with Gasteiger partial charge >= 0.3 is 0 Å². The van der Waals surface area contributed by atoms with Crippen molar-refractivity contribution in [3.05, 3.63) is 70.7 Å². The Balaban J connectivity index is 1.51. The van der Waals surface area contributed by atoms with E-state index < -0.39 is 0 Å². The van der Waals surface area contributed by atoms with Gasteiger partial charge in [0.15, 0.2) is 0 Å². The molecule has 2 aromatic carbocycles. The van der Waals surface area contributed by atoms with Gasteiger partial charge in [-0.15, -0.1) is 11.3 Å². The van der Waals surface area contributed by atoms with Crippen LogP contribution in [-0.4, -0.2) is 23.3 Å². The van der Waals surface area contributed by atoms with Gasteiger partial charge < -0.3 is 10.6 Å². The number of amides is 2. The van der Waals surface area contributed by atoms with E-state index in [1.54, 1.807) is 0 Å². The zero-order valence-electron chi connectivity index (χ0n) is 16.0. The maximum absolute atomic E-state index is 12.2. The van der Waals surface area contributed by atoms with Gasteiger partial charge in [0.1, 0.15) is 5.01 Å². The summed E-state index contributed by atoms with van der Waals surface area (Å²) in [6.45, 7) is 4.01. The Hall–Kier alpha value is -2.99. The van der Waals surface area contributed by atoms with Crippen molar-refractivity contribution in [3.63, 3.8) is 0 Å². The lowest BCUT2D eigenvalue weighted by atomic mass is 10.1. The molecular formula is C22H23N3O2S. The molecule has 2 amide bonds. The third-order valence-corrected chi connectivity index (χ3v) is 5.22. The first-order valence-electron chi connectivity index (χ1n) is 9.21. The van der Waals surface area contributed by atoms with Crippen LogP contribution in [0.1, 0.15) is 23.7 Å². The summed E-state index contributed by atoms with van der Waals surface area (Å²) in [4.78, 5) is 28.8. The highest BCUT2D eigenvalue weighted by atomic mass is 32.1. The number of benzene rings is 2. The molecule has 3 aromatic rings. The minimum atomic E-state index is -0.243. The monoisotopic (exact) mass is 393 g/mol. The standard InChI is InChI=1S/C22H23N3O2S/c1-3-16-8-4-5-10-19(16)25-21(27)13-23-20(26)12-18-14-28-22(24-18)17-9-6-7-15(2)11-17/h4-11,14H,3,12-13H2,1-2H3,(H,23,26)(H,25,27). The van der Waals surface area contributed by atoms with E-state index in [0.717, 1.165) is 28.2 Å². The molecule has 0 bridgehead atoms. The van der Waals surface area contributed by atoms with E-state index in [2.05, 4.69) is 21.7 Å². The molecule has 5 nitrogen and oxygen atoms in total. The third kappa shape index (κ3) is 5.27. The fourth-order valence-corrected chi connectivity index (χ4v) is 3.67. The van der Waals surface area contributed by atoms with E-state index in [9.17, 15) is 9.59 Å². The van der Waals surface area contributed by atoms with Gasteiger partial charge in [-0.05, 0) is 31.0 Å². The van der Waals surface area contributed by atoms with Crippen LogP contribution in [0.2, 0.25) is 0 Å². The van der Waals surface area contributed by atoms with E-state index >= 15 is 0 Å². The molecule has 6 heteroatoms. The van der Waals surface area contributed by atoms with Gasteiger partial charge in [-0.3, -0.25) is 9.59 Å². The molecule has 0 saturated carbocycles. The molecular weight excluding hydrogens is 370 g/mol. The van der Waals surface area contributed by atoms with E-state index in [4.69, 9.17) is 0 Å². The molecule has 0 spiro atoms. The van der Waals surface area contributed by atoms with E-state index in [0.29, 0.717) is 5.69 Å². The highest BCUT2D eigenvalue weighted by Gasteiger charge is 2.11. The van der Waals surface area contributed by atoms with Gasteiger partial charge in [0.05, 0.1) is 18.7 Å². The van der Waals surface area contributed by atoms with Crippen LogP contribution in [0.25, 0.3) is 10.6 Å². The van der Waals surface area contributed by atoms with Crippen molar-refractivity contribution in [3.8, 4) is 10.6 Å². The largest absolute Gasteiger partial charge is 0.347 e. The first kappa shape index (κ1) is 19.8. The molecule has 3 rings (SSSR count). The second-order valence-electron chi connectivity index (χ2n) is 6.53. The number of para-hydroxylation sites is 1. The Bertz CT molecular complexity index is 981. The van der Waals surface area contributed by atoms with Crippen LogP contribution in [0.4, 0.5) is 5.69 Å². The average molecular weight is 394 g/mol. The quantitative estimate of drug-likeness (QED) is 0.638. The van der Waals surface area contributed by atoms with E-state index in [1.807, 2.05) is 61.7 Å². The summed E-state index contributed by atoms with van der Waals surface area (Å²) in [5.41, 5.74) is 4.77. The van der Waals surface area contributed by atoms with Crippen molar-refractivity contribution < 1.29 is 9.59 Å². The van der Waals surface area contributed by atoms with Crippen molar-refractivity contribution in [1.29, 1.82) is 0 Å². The number of carbonyl (C=O) groups is 2.